The lowest BCUT2D eigenvalue weighted by Gasteiger charge is -2.05. The summed E-state index contributed by atoms with van der Waals surface area (Å²) in [6.07, 6.45) is 2.34. The second-order valence-electron chi connectivity index (χ2n) is 6.43. The summed E-state index contributed by atoms with van der Waals surface area (Å²) >= 11 is 0. The van der Waals surface area contributed by atoms with E-state index in [2.05, 4.69) is 21.5 Å². The van der Waals surface area contributed by atoms with E-state index in [0.29, 0.717) is 29.3 Å². The molecule has 2 heterocycles. The molecular formula is C20H16N6O2S. The molecule has 4 aromatic rings. The van der Waals surface area contributed by atoms with Crippen molar-refractivity contribution in [2.24, 2.45) is 5.14 Å². The van der Waals surface area contributed by atoms with Crippen molar-refractivity contribution in [2.45, 2.75) is 11.3 Å². The normalized spacial score (nSPS) is 11.3. The van der Waals surface area contributed by atoms with Crippen LogP contribution in [0.4, 0.5) is 11.6 Å². The zero-order chi connectivity index (χ0) is 20.4. The van der Waals surface area contributed by atoms with Crippen molar-refractivity contribution in [3.05, 3.63) is 83.6 Å². The van der Waals surface area contributed by atoms with Gasteiger partial charge in [0.2, 0.25) is 16.0 Å². The molecule has 0 fully saturated rings. The van der Waals surface area contributed by atoms with Crippen LogP contribution in [0.3, 0.4) is 0 Å². The molecule has 0 spiro atoms. The van der Waals surface area contributed by atoms with Crippen LogP contribution in [-0.4, -0.2) is 23.0 Å². The summed E-state index contributed by atoms with van der Waals surface area (Å²) in [5.74, 6) is 0.376. The predicted octanol–water partition coefficient (Wildman–Crippen LogP) is 2.58. The summed E-state index contributed by atoms with van der Waals surface area (Å²) in [4.78, 5) is 4.50. The lowest BCUT2D eigenvalue weighted by molar-refractivity contribution is 0.597. The highest BCUT2D eigenvalue weighted by molar-refractivity contribution is 7.89. The largest absolute Gasteiger partial charge is 0.322 e. The number of pyridine rings is 1. The molecule has 0 aliphatic carbocycles. The number of anilines is 2. The third-order valence-corrected chi connectivity index (χ3v) is 5.23. The number of rotatable bonds is 5. The number of nitrogens with zero attached hydrogens (tertiary/aromatic N) is 4. The molecule has 0 amide bonds. The number of benzene rings is 2. The van der Waals surface area contributed by atoms with Gasteiger partial charge in [0, 0.05) is 6.20 Å². The second kappa shape index (κ2) is 7.35. The molecule has 8 nitrogen and oxygen atoms in total. The fourth-order valence-electron chi connectivity index (χ4n) is 2.96. The van der Waals surface area contributed by atoms with Gasteiger partial charge in [0.15, 0.2) is 5.65 Å². The van der Waals surface area contributed by atoms with Gasteiger partial charge in [0.25, 0.3) is 0 Å². The monoisotopic (exact) mass is 404 g/mol. The standard InChI is InChI=1S/C20H16N6O2S/c21-12-16-5-1-2-7-18(16)23-20-24-19-9-8-15(13-26(19)25-20)10-14-4-3-6-17(11-14)29(22,27)28/h1-9,11,13H,10H2,(H,23,25)(H2,22,27,28). The van der Waals surface area contributed by atoms with Crippen LogP contribution in [0, 0.1) is 11.3 Å². The molecule has 0 aliphatic rings. The molecule has 0 unspecified atom stereocenters. The number of nitriles is 1. The number of sulfonamides is 1. The Morgan fingerprint density at radius 3 is 2.69 bits per heavy atom. The van der Waals surface area contributed by atoms with Crippen LogP contribution in [0.1, 0.15) is 16.7 Å². The molecule has 3 N–H and O–H groups in total. The maximum absolute atomic E-state index is 11.5. The first-order valence-corrected chi connectivity index (χ1v) is 10.2. The van der Waals surface area contributed by atoms with E-state index >= 15 is 0 Å². The number of nitrogens with two attached hydrogens (primary N) is 1. The Bertz CT molecular complexity index is 1350. The van der Waals surface area contributed by atoms with Crippen molar-refractivity contribution in [3.63, 3.8) is 0 Å². The van der Waals surface area contributed by atoms with Gasteiger partial charge in [0.1, 0.15) is 6.07 Å². The number of hydrogen-bond donors (Lipinski definition) is 2. The highest BCUT2D eigenvalue weighted by atomic mass is 32.2. The van der Waals surface area contributed by atoms with E-state index in [-0.39, 0.29) is 4.90 Å². The van der Waals surface area contributed by atoms with Gasteiger partial charge in [-0.05, 0) is 47.9 Å². The number of hydrogen-bond acceptors (Lipinski definition) is 6. The predicted molar refractivity (Wildman–Crippen MR) is 108 cm³/mol. The molecule has 2 aromatic carbocycles. The van der Waals surface area contributed by atoms with Crippen molar-refractivity contribution in [3.8, 4) is 6.07 Å². The van der Waals surface area contributed by atoms with Crippen molar-refractivity contribution in [2.75, 3.05) is 5.32 Å². The van der Waals surface area contributed by atoms with E-state index in [0.717, 1.165) is 11.1 Å². The lowest BCUT2D eigenvalue weighted by atomic mass is 10.1. The van der Waals surface area contributed by atoms with Crippen LogP contribution >= 0.6 is 0 Å². The van der Waals surface area contributed by atoms with E-state index in [1.54, 1.807) is 34.8 Å². The van der Waals surface area contributed by atoms with E-state index in [1.165, 1.54) is 6.07 Å². The smallest absolute Gasteiger partial charge is 0.247 e. The fraction of sp³-hybridized carbons (Fsp3) is 0.0500. The summed E-state index contributed by atoms with van der Waals surface area (Å²) in [6, 6.07) is 19.5. The Hall–Kier alpha value is -3.74. The van der Waals surface area contributed by atoms with Gasteiger partial charge in [0.05, 0.1) is 16.1 Å². The maximum Gasteiger partial charge on any atom is 0.247 e. The zero-order valence-electron chi connectivity index (χ0n) is 15.1. The molecule has 0 atom stereocenters. The average Bonchev–Trinajstić information content (AvgIpc) is 3.09. The fourth-order valence-corrected chi connectivity index (χ4v) is 3.55. The SMILES string of the molecule is N#Cc1ccccc1Nc1nc2ccc(Cc3cccc(S(N)(=O)=O)c3)cn2n1. The number of aromatic nitrogens is 3. The Balaban J connectivity index is 1.60. The van der Waals surface area contributed by atoms with Crippen molar-refractivity contribution in [1.82, 2.24) is 14.6 Å². The number of nitrogens with one attached hydrogen (secondary N) is 1. The lowest BCUT2D eigenvalue weighted by Crippen LogP contribution is -2.12. The average molecular weight is 404 g/mol. The van der Waals surface area contributed by atoms with E-state index in [1.807, 2.05) is 30.5 Å². The first kappa shape index (κ1) is 18.6. The van der Waals surface area contributed by atoms with Crippen LogP contribution in [0.25, 0.3) is 5.65 Å². The molecule has 0 bridgehead atoms. The van der Waals surface area contributed by atoms with Crippen LogP contribution in [-0.2, 0) is 16.4 Å². The molecule has 9 heteroatoms. The minimum atomic E-state index is -3.74. The van der Waals surface area contributed by atoms with Gasteiger partial charge < -0.3 is 5.32 Å². The second-order valence-corrected chi connectivity index (χ2v) is 7.99. The van der Waals surface area contributed by atoms with Gasteiger partial charge in [-0.1, -0.05) is 30.3 Å². The minimum absolute atomic E-state index is 0.0829. The van der Waals surface area contributed by atoms with E-state index < -0.39 is 10.0 Å². The maximum atomic E-state index is 11.5. The summed E-state index contributed by atoms with van der Waals surface area (Å²) in [6.45, 7) is 0. The molecule has 29 heavy (non-hydrogen) atoms. The summed E-state index contributed by atoms with van der Waals surface area (Å²) in [5.41, 5.74) is 3.52. The van der Waals surface area contributed by atoms with Crippen LogP contribution in [0.5, 0.6) is 0 Å². The highest BCUT2D eigenvalue weighted by Gasteiger charge is 2.10. The van der Waals surface area contributed by atoms with Gasteiger partial charge in [-0.2, -0.15) is 10.2 Å². The first-order chi connectivity index (χ1) is 13.9. The quantitative estimate of drug-likeness (QED) is 0.526. The van der Waals surface area contributed by atoms with E-state index in [9.17, 15) is 13.7 Å². The number of fused-ring (bicyclic) bond motifs is 1. The Morgan fingerprint density at radius 1 is 1.07 bits per heavy atom. The summed E-state index contributed by atoms with van der Waals surface area (Å²) < 4.78 is 24.7. The number of primary sulfonamides is 1. The number of para-hydroxylation sites is 1. The third kappa shape index (κ3) is 4.08. The molecule has 2 aromatic heterocycles. The molecule has 0 saturated carbocycles. The van der Waals surface area contributed by atoms with Gasteiger partial charge in [-0.3, -0.25) is 0 Å². The highest BCUT2D eigenvalue weighted by Crippen LogP contribution is 2.19. The van der Waals surface area contributed by atoms with Crippen molar-refractivity contribution >= 4 is 27.3 Å². The molecule has 0 aliphatic heterocycles. The van der Waals surface area contributed by atoms with Crippen LogP contribution in [0.2, 0.25) is 0 Å². The first-order valence-electron chi connectivity index (χ1n) is 8.65. The van der Waals surface area contributed by atoms with Crippen molar-refractivity contribution in [1.29, 1.82) is 5.26 Å². The molecule has 0 saturated heterocycles. The van der Waals surface area contributed by atoms with Crippen LogP contribution in [0.15, 0.2) is 71.8 Å². The molecular weight excluding hydrogens is 388 g/mol. The molecule has 0 radical (unpaired) electrons. The van der Waals surface area contributed by atoms with Crippen LogP contribution < -0.4 is 10.5 Å². The Morgan fingerprint density at radius 2 is 1.90 bits per heavy atom. The van der Waals surface area contributed by atoms with Crippen molar-refractivity contribution < 1.29 is 8.42 Å². The van der Waals surface area contributed by atoms with Gasteiger partial charge >= 0.3 is 0 Å². The Labute approximate surface area is 167 Å². The van der Waals surface area contributed by atoms with Gasteiger partial charge in [-0.15, -0.1) is 5.10 Å². The molecule has 4 rings (SSSR count). The topological polar surface area (TPSA) is 126 Å². The van der Waals surface area contributed by atoms with Gasteiger partial charge in [-0.25, -0.2) is 18.1 Å². The minimum Gasteiger partial charge on any atom is -0.322 e. The summed E-state index contributed by atoms with van der Waals surface area (Å²) in [5, 5.41) is 21.9. The van der Waals surface area contributed by atoms with E-state index in [4.69, 9.17) is 5.14 Å². The third-order valence-electron chi connectivity index (χ3n) is 4.32. The molecule has 144 valence electrons. The summed E-state index contributed by atoms with van der Waals surface area (Å²) in [7, 11) is -3.74. The Kier molecular flexibility index (Phi) is 4.72. The zero-order valence-corrected chi connectivity index (χ0v) is 16.0.